The molecule has 0 fully saturated rings. The summed E-state index contributed by atoms with van der Waals surface area (Å²) >= 11 is 0. The van der Waals surface area contributed by atoms with Crippen molar-refractivity contribution in [2.45, 2.75) is 26.4 Å². The molecule has 1 amide bonds. The van der Waals surface area contributed by atoms with E-state index in [9.17, 15) is 14.4 Å². The van der Waals surface area contributed by atoms with Crippen LogP contribution >= 0.6 is 0 Å². The van der Waals surface area contributed by atoms with E-state index in [1.165, 1.54) is 28.1 Å². The maximum Gasteiger partial charge on any atom is 0.311 e. The fourth-order valence-corrected chi connectivity index (χ4v) is 2.48. The third-order valence-corrected chi connectivity index (χ3v) is 4.03. The van der Waals surface area contributed by atoms with Crippen LogP contribution in [0.2, 0.25) is 0 Å². The normalized spacial score (nSPS) is 11.3. The highest BCUT2D eigenvalue weighted by atomic mass is 16.5. The van der Waals surface area contributed by atoms with Gasteiger partial charge in [0.25, 0.3) is 5.91 Å². The molecule has 0 aliphatic carbocycles. The Morgan fingerprint density at radius 2 is 1.61 bits per heavy atom. The Hall–Kier alpha value is -3.35. The van der Waals surface area contributed by atoms with E-state index in [0.717, 1.165) is 0 Å². The number of carbonyl (C=O) groups excluding carboxylic acids is 3. The van der Waals surface area contributed by atoms with Crippen molar-refractivity contribution in [2.24, 2.45) is 0 Å². The van der Waals surface area contributed by atoms with Crippen molar-refractivity contribution in [1.82, 2.24) is 0 Å². The molecular formula is C21H23NO6. The molecular weight excluding hydrogens is 362 g/mol. The SMILES string of the molecule is COc1ccc(CC(=O)O[C@@H](C)C(=O)Nc2ccc(C(C)=O)cc2)cc1OC. The van der Waals surface area contributed by atoms with Gasteiger partial charge in [-0.3, -0.25) is 14.4 Å². The van der Waals surface area contributed by atoms with Gasteiger partial charge in [-0.1, -0.05) is 6.07 Å². The summed E-state index contributed by atoms with van der Waals surface area (Å²) in [4.78, 5) is 35.6. The first-order chi connectivity index (χ1) is 13.3. The van der Waals surface area contributed by atoms with Gasteiger partial charge in [-0.25, -0.2) is 0 Å². The van der Waals surface area contributed by atoms with Gasteiger partial charge in [-0.15, -0.1) is 0 Å². The molecule has 7 heteroatoms. The summed E-state index contributed by atoms with van der Waals surface area (Å²) < 4.78 is 15.6. The molecule has 0 heterocycles. The summed E-state index contributed by atoms with van der Waals surface area (Å²) in [6, 6.07) is 11.6. The first-order valence-electron chi connectivity index (χ1n) is 8.66. The standard InChI is InChI=1S/C21H23NO6/c1-13(23)16-6-8-17(9-7-16)22-21(25)14(2)28-20(24)12-15-5-10-18(26-3)19(11-15)27-4/h5-11,14H,12H2,1-4H3,(H,22,25)/t14-/m0/s1. The number of amides is 1. The van der Waals surface area contributed by atoms with Gasteiger partial charge >= 0.3 is 5.97 Å². The van der Waals surface area contributed by atoms with Crippen LogP contribution in [0.1, 0.15) is 29.8 Å². The number of ketones is 1. The maximum atomic E-state index is 12.2. The van der Waals surface area contributed by atoms with Crippen LogP contribution < -0.4 is 14.8 Å². The molecule has 1 N–H and O–H groups in total. The lowest BCUT2D eigenvalue weighted by Gasteiger charge is -2.14. The van der Waals surface area contributed by atoms with Crippen LogP contribution in [0.15, 0.2) is 42.5 Å². The summed E-state index contributed by atoms with van der Waals surface area (Å²) in [6.07, 6.45) is -0.981. The zero-order valence-corrected chi connectivity index (χ0v) is 16.3. The lowest BCUT2D eigenvalue weighted by Crippen LogP contribution is -2.30. The fourth-order valence-electron chi connectivity index (χ4n) is 2.48. The Morgan fingerprint density at radius 1 is 0.964 bits per heavy atom. The fraction of sp³-hybridized carbons (Fsp3) is 0.286. The number of benzene rings is 2. The molecule has 0 bridgehead atoms. The molecule has 0 aliphatic heterocycles. The molecule has 148 valence electrons. The van der Waals surface area contributed by atoms with Gasteiger partial charge in [-0.05, 0) is 55.8 Å². The number of hydrogen-bond acceptors (Lipinski definition) is 6. The van der Waals surface area contributed by atoms with Crippen LogP contribution in [0.25, 0.3) is 0 Å². The zero-order valence-electron chi connectivity index (χ0n) is 16.3. The number of Topliss-reactive ketones (excluding diaryl/α,β-unsaturated/α-hetero) is 1. The topological polar surface area (TPSA) is 90.9 Å². The Morgan fingerprint density at radius 3 is 2.18 bits per heavy atom. The van der Waals surface area contributed by atoms with Crippen LogP contribution in [-0.4, -0.2) is 38.0 Å². The van der Waals surface area contributed by atoms with Crippen molar-refractivity contribution in [2.75, 3.05) is 19.5 Å². The highest BCUT2D eigenvalue weighted by molar-refractivity contribution is 5.97. The third kappa shape index (κ3) is 5.57. The van der Waals surface area contributed by atoms with E-state index >= 15 is 0 Å². The Kier molecular flexibility index (Phi) is 7.14. The summed E-state index contributed by atoms with van der Waals surface area (Å²) in [6.45, 7) is 2.96. The van der Waals surface area contributed by atoms with E-state index in [1.807, 2.05) is 0 Å². The van der Waals surface area contributed by atoms with Gasteiger partial charge in [-0.2, -0.15) is 0 Å². The summed E-state index contributed by atoms with van der Waals surface area (Å²) in [5, 5.41) is 2.65. The van der Waals surface area contributed by atoms with Crippen LogP contribution in [0, 0.1) is 0 Å². The molecule has 0 aliphatic rings. The highest BCUT2D eigenvalue weighted by Gasteiger charge is 2.19. The molecule has 0 saturated heterocycles. The van der Waals surface area contributed by atoms with Crippen LogP contribution in [0.3, 0.4) is 0 Å². The molecule has 28 heavy (non-hydrogen) atoms. The quantitative estimate of drug-likeness (QED) is 0.555. The van der Waals surface area contributed by atoms with Gasteiger partial charge in [0.05, 0.1) is 20.6 Å². The highest BCUT2D eigenvalue weighted by Crippen LogP contribution is 2.27. The van der Waals surface area contributed by atoms with Crippen molar-refractivity contribution < 1.29 is 28.6 Å². The predicted octanol–water partition coefficient (Wildman–Crippen LogP) is 3.02. The first-order valence-corrected chi connectivity index (χ1v) is 8.66. The number of hydrogen-bond donors (Lipinski definition) is 1. The minimum absolute atomic E-state index is 0.00865. The third-order valence-electron chi connectivity index (χ3n) is 4.03. The van der Waals surface area contributed by atoms with Gasteiger partial charge < -0.3 is 19.5 Å². The van der Waals surface area contributed by atoms with E-state index < -0.39 is 18.0 Å². The molecule has 2 aromatic carbocycles. The van der Waals surface area contributed by atoms with Crippen molar-refractivity contribution in [3.8, 4) is 11.5 Å². The van der Waals surface area contributed by atoms with Crippen molar-refractivity contribution >= 4 is 23.3 Å². The van der Waals surface area contributed by atoms with Gasteiger partial charge in [0.1, 0.15) is 0 Å². The maximum absolute atomic E-state index is 12.2. The lowest BCUT2D eigenvalue weighted by atomic mass is 10.1. The molecule has 0 unspecified atom stereocenters. The Balaban J connectivity index is 1.92. The number of esters is 1. The molecule has 7 nitrogen and oxygen atoms in total. The molecule has 0 saturated carbocycles. The molecule has 2 rings (SSSR count). The van der Waals surface area contributed by atoms with Crippen LogP contribution in [-0.2, 0) is 20.7 Å². The van der Waals surface area contributed by atoms with Gasteiger partial charge in [0.15, 0.2) is 23.4 Å². The second-order valence-corrected chi connectivity index (χ2v) is 6.12. The Bertz CT molecular complexity index is 860. The van der Waals surface area contributed by atoms with Crippen LogP contribution in [0.5, 0.6) is 11.5 Å². The largest absolute Gasteiger partial charge is 0.493 e. The summed E-state index contributed by atoms with van der Waals surface area (Å²) in [7, 11) is 3.04. The lowest BCUT2D eigenvalue weighted by molar-refractivity contribution is -0.152. The first kappa shape index (κ1) is 21.0. The number of rotatable bonds is 8. The number of ether oxygens (including phenoxy) is 3. The van der Waals surface area contributed by atoms with E-state index in [4.69, 9.17) is 14.2 Å². The monoisotopic (exact) mass is 385 g/mol. The smallest absolute Gasteiger partial charge is 0.311 e. The average Bonchev–Trinajstić information content (AvgIpc) is 2.68. The summed E-state index contributed by atoms with van der Waals surface area (Å²) in [5.74, 6) is 0.00382. The molecule has 0 radical (unpaired) electrons. The molecule has 1 atom stereocenters. The van der Waals surface area contributed by atoms with Crippen molar-refractivity contribution in [1.29, 1.82) is 0 Å². The second-order valence-electron chi connectivity index (χ2n) is 6.12. The predicted molar refractivity (Wildman–Crippen MR) is 104 cm³/mol. The van der Waals surface area contributed by atoms with E-state index in [2.05, 4.69) is 5.32 Å². The van der Waals surface area contributed by atoms with E-state index in [0.29, 0.717) is 28.3 Å². The summed E-state index contributed by atoms with van der Waals surface area (Å²) in [5.41, 5.74) is 1.74. The molecule has 2 aromatic rings. The minimum Gasteiger partial charge on any atom is -0.493 e. The van der Waals surface area contributed by atoms with Crippen molar-refractivity contribution in [3.05, 3.63) is 53.6 Å². The average molecular weight is 385 g/mol. The zero-order chi connectivity index (χ0) is 20.7. The number of nitrogens with one attached hydrogen (secondary N) is 1. The Labute approximate surface area is 163 Å². The van der Waals surface area contributed by atoms with Crippen LogP contribution in [0.4, 0.5) is 5.69 Å². The number of carbonyl (C=O) groups is 3. The van der Waals surface area contributed by atoms with Gasteiger partial charge in [0.2, 0.25) is 0 Å². The minimum atomic E-state index is -0.972. The number of methoxy groups -OCH3 is 2. The second kappa shape index (κ2) is 9.55. The van der Waals surface area contributed by atoms with E-state index in [-0.39, 0.29) is 12.2 Å². The van der Waals surface area contributed by atoms with E-state index in [1.54, 1.807) is 42.5 Å². The number of anilines is 1. The van der Waals surface area contributed by atoms with Crippen molar-refractivity contribution in [3.63, 3.8) is 0 Å². The van der Waals surface area contributed by atoms with Gasteiger partial charge in [0, 0.05) is 11.3 Å². The molecule has 0 aromatic heterocycles. The molecule has 0 spiro atoms.